The van der Waals surface area contributed by atoms with Gasteiger partial charge in [-0.15, -0.1) is 0 Å². The van der Waals surface area contributed by atoms with E-state index in [0.717, 1.165) is 9.37 Å². The number of carboxylic acids is 1. The number of rotatable bonds is 3. The number of aromatic nitrogens is 3. The van der Waals surface area contributed by atoms with Crippen LogP contribution in [0.4, 0.5) is 0 Å². The Kier molecular flexibility index (Phi) is 3.16. The van der Waals surface area contributed by atoms with E-state index in [9.17, 15) is 4.79 Å². The van der Waals surface area contributed by atoms with Crippen LogP contribution in [0.1, 0.15) is 16.1 Å². The monoisotopic (exact) mass is 253 g/mol. The van der Waals surface area contributed by atoms with Crippen molar-refractivity contribution in [2.24, 2.45) is 0 Å². The van der Waals surface area contributed by atoms with E-state index in [1.807, 2.05) is 0 Å². The number of aromatic carboxylic acids is 1. The first-order valence-electron chi connectivity index (χ1n) is 4.32. The molecule has 0 unspecified atom stereocenters. The Hall–Kier alpha value is -1.47. The van der Waals surface area contributed by atoms with Gasteiger partial charge in [-0.3, -0.25) is 0 Å². The summed E-state index contributed by atoms with van der Waals surface area (Å²) in [7, 11) is 0. The molecule has 0 amide bonds. The quantitative estimate of drug-likeness (QED) is 0.902. The molecule has 0 fully saturated rings. The van der Waals surface area contributed by atoms with Gasteiger partial charge in [0.25, 0.3) is 0 Å². The minimum Gasteiger partial charge on any atom is -0.478 e. The van der Waals surface area contributed by atoms with Crippen LogP contribution < -0.4 is 0 Å². The largest absolute Gasteiger partial charge is 0.478 e. The highest BCUT2D eigenvalue weighted by Gasteiger charge is 2.09. The van der Waals surface area contributed by atoms with Gasteiger partial charge in [0, 0.05) is 0 Å². The van der Waals surface area contributed by atoms with E-state index in [2.05, 4.69) is 14.3 Å². The third-order valence-electron chi connectivity index (χ3n) is 1.82. The first-order chi connectivity index (χ1) is 7.66. The van der Waals surface area contributed by atoms with Crippen LogP contribution in [0.15, 0.2) is 27.8 Å². The smallest absolute Gasteiger partial charge is 0.337 e. The van der Waals surface area contributed by atoms with E-state index in [0.29, 0.717) is 5.69 Å². The number of pyridine rings is 1. The molecule has 0 aromatic carbocycles. The third-order valence-corrected chi connectivity index (χ3v) is 3.48. The Morgan fingerprint density at radius 2 is 2.31 bits per heavy atom. The Morgan fingerprint density at radius 1 is 1.50 bits per heavy atom. The number of aryl methyl sites for hydroxylation is 1. The molecule has 0 radical (unpaired) electrons. The van der Waals surface area contributed by atoms with E-state index in [-0.39, 0.29) is 5.56 Å². The van der Waals surface area contributed by atoms with Crippen molar-refractivity contribution in [2.45, 2.75) is 16.3 Å². The topological polar surface area (TPSA) is 76.0 Å². The summed E-state index contributed by atoms with van der Waals surface area (Å²) >= 11 is 2.65. The number of nitrogens with zero attached hydrogens (tertiary/aromatic N) is 3. The maximum Gasteiger partial charge on any atom is 0.337 e. The zero-order valence-electron chi connectivity index (χ0n) is 8.25. The highest BCUT2D eigenvalue weighted by atomic mass is 32.2. The van der Waals surface area contributed by atoms with Gasteiger partial charge in [0.15, 0.2) is 4.34 Å². The summed E-state index contributed by atoms with van der Waals surface area (Å²) in [6, 6.07) is 3.22. The van der Waals surface area contributed by atoms with Gasteiger partial charge in [-0.05, 0) is 42.4 Å². The van der Waals surface area contributed by atoms with Gasteiger partial charge in [-0.25, -0.2) is 14.8 Å². The molecule has 82 valence electrons. The van der Waals surface area contributed by atoms with Gasteiger partial charge in [0.2, 0.25) is 0 Å². The van der Waals surface area contributed by atoms with E-state index in [1.165, 1.54) is 29.6 Å². The molecule has 2 aromatic rings. The minimum absolute atomic E-state index is 0.224. The molecular formula is C9H7N3O2S2. The second-order valence-corrected chi connectivity index (χ2v) is 4.94. The SMILES string of the molecule is Cc1nc(Sc2ncns2)ccc1C(=O)O. The molecule has 0 saturated carbocycles. The summed E-state index contributed by atoms with van der Waals surface area (Å²) in [5.41, 5.74) is 0.726. The lowest BCUT2D eigenvalue weighted by molar-refractivity contribution is 0.0695. The maximum absolute atomic E-state index is 10.8. The highest BCUT2D eigenvalue weighted by Crippen LogP contribution is 2.27. The molecule has 0 bridgehead atoms. The summed E-state index contributed by atoms with van der Waals surface area (Å²) in [5.74, 6) is -0.961. The van der Waals surface area contributed by atoms with Crippen molar-refractivity contribution < 1.29 is 9.90 Å². The first-order valence-corrected chi connectivity index (χ1v) is 5.91. The molecule has 2 aromatic heterocycles. The molecule has 2 heterocycles. The van der Waals surface area contributed by atoms with Crippen molar-refractivity contribution in [3.8, 4) is 0 Å². The predicted octanol–water partition coefficient (Wildman–Crippen LogP) is 2.09. The van der Waals surface area contributed by atoms with Crippen LogP contribution in [0.5, 0.6) is 0 Å². The van der Waals surface area contributed by atoms with Crippen LogP contribution in [0.2, 0.25) is 0 Å². The lowest BCUT2D eigenvalue weighted by Gasteiger charge is -2.01. The standard InChI is InChI=1S/C9H7N3O2S2/c1-5-6(8(13)14)2-3-7(12-5)15-9-10-4-11-16-9/h2-4H,1H3,(H,13,14). The summed E-state index contributed by atoms with van der Waals surface area (Å²) in [6.45, 7) is 1.67. The zero-order chi connectivity index (χ0) is 11.5. The van der Waals surface area contributed by atoms with Gasteiger partial charge in [0.1, 0.15) is 11.4 Å². The van der Waals surface area contributed by atoms with Gasteiger partial charge in [-0.1, -0.05) is 0 Å². The predicted molar refractivity (Wildman–Crippen MR) is 60.0 cm³/mol. The summed E-state index contributed by atoms with van der Waals surface area (Å²) in [5, 5.41) is 9.57. The summed E-state index contributed by atoms with van der Waals surface area (Å²) < 4.78 is 4.66. The van der Waals surface area contributed by atoms with Crippen LogP contribution >= 0.6 is 23.3 Å². The average Bonchev–Trinajstić information content (AvgIpc) is 2.70. The highest BCUT2D eigenvalue weighted by molar-refractivity contribution is 8.00. The van der Waals surface area contributed by atoms with E-state index in [4.69, 9.17) is 5.11 Å². The van der Waals surface area contributed by atoms with Crippen molar-refractivity contribution >= 4 is 29.3 Å². The normalized spacial score (nSPS) is 10.3. The molecular weight excluding hydrogens is 246 g/mol. The lowest BCUT2D eigenvalue weighted by Crippen LogP contribution is -2.01. The fourth-order valence-electron chi connectivity index (χ4n) is 1.12. The summed E-state index contributed by atoms with van der Waals surface area (Å²) in [4.78, 5) is 19.0. The molecule has 2 rings (SSSR count). The van der Waals surface area contributed by atoms with Crippen molar-refractivity contribution in [1.82, 2.24) is 14.3 Å². The van der Waals surface area contributed by atoms with Gasteiger partial charge in [-0.2, -0.15) is 4.37 Å². The van der Waals surface area contributed by atoms with Crippen molar-refractivity contribution in [3.05, 3.63) is 29.7 Å². The second kappa shape index (κ2) is 4.58. The average molecular weight is 253 g/mol. The molecule has 0 aliphatic carbocycles. The Labute approximate surface area is 99.7 Å². The van der Waals surface area contributed by atoms with E-state index < -0.39 is 5.97 Å². The first kappa shape index (κ1) is 11.0. The van der Waals surface area contributed by atoms with Crippen LogP contribution in [-0.2, 0) is 0 Å². The fourth-order valence-corrected chi connectivity index (χ4v) is 2.53. The third kappa shape index (κ3) is 2.37. The number of carboxylic acid groups (broad SMARTS) is 1. The second-order valence-electron chi connectivity index (χ2n) is 2.90. The molecule has 0 spiro atoms. The van der Waals surface area contributed by atoms with E-state index in [1.54, 1.807) is 19.1 Å². The number of hydrogen-bond acceptors (Lipinski definition) is 6. The molecule has 7 heteroatoms. The molecule has 0 aliphatic rings. The Bertz CT molecular complexity index is 513. The Balaban J connectivity index is 2.24. The molecule has 0 aliphatic heterocycles. The van der Waals surface area contributed by atoms with E-state index >= 15 is 0 Å². The van der Waals surface area contributed by atoms with Crippen LogP contribution in [-0.4, -0.2) is 25.4 Å². The number of hydrogen-bond donors (Lipinski definition) is 1. The number of carbonyl (C=O) groups is 1. The van der Waals surface area contributed by atoms with Crippen LogP contribution in [0.25, 0.3) is 0 Å². The molecule has 1 N–H and O–H groups in total. The summed E-state index contributed by atoms with van der Waals surface area (Å²) in [6.07, 6.45) is 1.48. The van der Waals surface area contributed by atoms with Crippen molar-refractivity contribution in [3.63, 3.8) is 0 Å². The van der Waals surface area contributed by atoms with Gasteiger partial charge < -0.3 is 5.11 Å². The maximum atomic E-state index is 10.8. The lowest BCUT2D eigenvalue weighted by atomic mass is 10.2. The van der Waals surface area contributed by atoms with Gasteiger partial charge in [0.05, 0.1) is 11.3 Å². The zero-order valence-corrected chi connectivity index (χ0v) is 9.88. The van der Waals surface area contributed by atoms with Crippen molar-refractivity contribution in [1.29, 1.82) is 0 Å². The van der Waals surface area contributed by atoms with Crippen molar-refractivity contribution in [2.75, 3.05) is 0 Å². The molecule has 0 saturated heterocycles. The van der Waals surface area contributed by atoms with Gasteiger partial charge >= 0.3 is 5.97 Å². The van der Waals surface area contributed by atoms with Crippen LogP contribution in [0, 0.1) is 6.92 Å². The molecule has 16 heavy (non-hydrogen) atoms. The van der Waals surface area contributed by atoms with Crippen LogP contribution in [0.3, 0.4) is 0 Å². The fraction of sp³-hybridized carbons (Fsp3) is 0.111. The molecule has 0 atom stereocenters. The Morgan fingerprint density at radius 3 is 2.88 bits per heavy atom. The minimum atomic E-state index is -0.961. The molecule has 5 nitrogen and oxygen atoms in total.